The van der Waals surface area contributed by atoms with E-state index in [0.29, 0.717) is 0 Å². The predicted molar refractivity (Wildman–Crippen MR) is 92.8 cm³/mol. The second-order valence-corrected chi connectivity index (χ2v) is 7.75. The van der Waals surface area contributed by atoms with Crippen molar-refractivity contribution in [3.63, 3.8) is 0 Å². The normalized spacial score (nSPS) is 11.1. The van der Waals surface area contributed by atoms with E-state index in [1.165, 1.54) is 62.3 Å². The topological polar surface area (TPSA) is 9.23 Å². The summed E-state index contributed by atoms with van der Waals surface area (Å²) in [6, 6.07) is 0. The molecule has 0 heterocycles. The van der Waals surface area contributed by atoms with Crippen molar-refractivity contribution in [2.75, 3.05) is 13.2 Å². The van der Waals surface area contributed by atoms with Crippen molar-refractivity contribution in [3.8, 4) is 0 Å². The molecule has 0 aromatic carbocycles. The van der Waals surface area contributed by atoms with Gasteiger partial charge in [0, 0.05) is 13.2 Å². The molecule has 0 bridgehead atoms. The lowest BCUT2D eigenvalue weighted by Gasteiger charge is -2.03. The molecule has 1 nitrogen and oxygen atoms in total. The van der Waals surface area contributed by atoms with Crippen LogP contribution < -0.4 is 0 Å². The minimum Gasteiger partial charge on any atom is -0.381 e. The first-order chi connectivity index (χ1) is 9.91. The number of ether oxygens (including phenoxy) is 1. The number of unbranched alkanes of at least 4 members (excludes halogenated alkanes) is 8. The standard InChI is InChI=1S/C17H33O.ClH.Mg/c1-3-5-7-9-10-11-13-15-17-18-16-14-12-8-6-4-2;;/h6,8H,2-5,7,9-17H2,1H3;1H;/q;;+1/p-1/b8-6+;;. The van der Waals surface area contributed by atoms with Gasteiger partial charge in [-0.15, -0.1) is 4.55 Å². The lowest BCUT2D eigenvalue weighted by molar-refractivity contribution is 0.128. The first-order valence-corrected chi connectivity index (χ1v) is 11.8. The molecule has 0 unspecified atom stereocenters. The van der Waals surface area contributed by atoms with Crippen LogP contribution in [0.2, 0.25) is 4.55 Å². The van der Waals surface area contributed by atoms with Crippen LogP contribution in [0.3, 0.4) is 0 Å². The average Bonchev–Trinajstić information content (AvgIpc) is 2.47. The van der Waals surface area contributed by atoms with Gasteiger partial charge in [0.2, 0.25) is 0 Å². The molecule has 0 aliphatic carbocycles. The minimum atomic E-state index is -0.254. The quantitative estimate of drug-likeness (QED) is 0.189. The molecule has 0 aliphatic rings. The fourth-order valence-corrected chi connectivity index (χ4v) is 3.03. The molecule has 0 saturated heterocycles. The Labute approximate surface area is 140 Å². The van der Waals surface area contributed by atoms with Gasteiger partial charge in [0.05, 0.1) is 0 Å². The highest BCUT2D eigenvalue weighted by Crippen LogP contribution is 2.08. The summed E-state index contributed by atoms with van der Waals surface area (Å²) in [5.74, 6) is 0. The summed E-state index contributed by atoms with van der Waals surface area (Å²) in [7, 11) is 5.75. The third-order valence-corrected chi connectivity index (χ3v) is 4.95. The Balaban J connectivity index is 2.97. The van der Waals surface area contributed by atoms with Crippen molar-refractivity contribution in [2.45, 2.75) is 82.1 Å². The van der Waals surface area contributed by atoms with Crippen LogP contribution in [0.5, 0.6) is 0 Å². The maximum Gasteiger partial charge on any atom is 0.501 e. The molecule has 0 radical (unpaired) electrons. The Kier molecular flexibility index (Phi) is 20.5. The van der Waals surface area contributed by atoms with Gasteiger partial charge < -0.3 is 13.8 Å². The van der Waals surface area contributed by atoms with Gasteiger partial charge in [-0.2, -0.15) is 0 Å². The predicted octanol–water partition coefficient (Wildman–Crippen LogP) is 6.15. The van der Waals surface area contributed by atoms with Crippen molar-refractivity contribution in [1.82, 2.24) is 0 Å². The summed E-state index contributed by atoms with van der Waals surface area (Å²) >= 11 is -0.254. The third kappa shape index (κ3) is 18.8. The smallest absolute Gasteiger partial charge is 0.381 e. The lowest BCUT2D eigenvalue weighted by atomic mass is 10.1. The highest BCUT2D eigenvalue weighted by atomic mass is 35.5. The molecule has 20 heavy (non-hydrogen) atoms. The minimum absolute atomic E-state index is 0.254. The first-order valence-electron chi connectivity index (χ1n) is 8.70. The van der Waals surface area contributed by atoms with E-state index in [2.05, 4.69) is 19.1 Å². The van der Waals surface area contributed by atoms with E-state index in [9.17, 15) is 0 Å². The van der Waals surface area contributed by atoms with E-state index in [-0.39, 0.29) is 19.3 Å². The Bertz CT molecular complexity index is 197. The van der Waals surface area contributed by atoms with E-state index in [0.717, 1.165) is 26.1 Å². The van der Waals surface area contributed by atoms with Crippen LogP contribution in [-0.4, -0.2) is 32.5 Å². The average molecular weight is 313 g/mol. The highest BCUT2D eigenvalue weighted by molar-refractivity contribution is 6.93. The Hall–Kier alpha value is 0.756. The summed E-state index contributed by atoms with van der Waals surface area (Å²) in [5, 5.41) is 0. The fraction of sp³-hybridized carbons (Fsp3) is 0.882. The zero-order chi connectivity index (χ0) is 14.7. The van der Waals surface area contributed by atoms with Gasteiger partial charge in [0.15, 0.2) is 0 Å². The number of halogens is 1. The zero-order valence-electron chi connectivity index (χ0n) is 13.5. The van der Waals surface area contributed by atoms with Crippen LogP contribution in [0, 0.1) is 0 Å². The van der Waals surface area contributed by atoms with Crippen molar-refractivity contribution in [1.29, 1.82) is 0 Å². The molecule has 0 aromatic rings. The van der Waals surface area contributed by atoms with Crippen LogP contribution in [0.1, 0.15) is 77.6 Å². The van der Waals surface area contributed by atoms with Crippen molar-refractivity contribution >= 4 is 28.3 Å². The molecule has 0 spiro atoms. The van der Waals surface area contributed by atoms with Gasteiger partial charge in [-0.05, 0) is 19.3 Å². The number of rotatable bonds is 16. The summed E-state index contributed by atoms with van der Waals surface area (Å²) in [6.45, 7) is 4.15. The van der Waals surface area contributed by atoms with Crippen molar-refractivity contribution in [3.05, 3.63) is 12.2 Å². The van der Waals surface area contributed by atoms with Crippen LogP contribution in [0.4, 0.5) is 0 Å². The second-order valence-electron chi connectivity index (χ2n) is 5.53. The number of hydrogen-bond donors (Lipinski definition) is 0. The molecule has 3 heteroatoms. The molecule has 0 atom stereocenters. The highest BCUT2D eigenvalue weighted by Gasteiger charge is 1.92. The maximum absolute atomic E-state index is 5.75. The summed E-state index contributed by atoms with van der Waals surface area (Å²) in [6.07, 6.45) is 19.0. The molecule has 0 aromatic heterocycles. The molecular formula is C17H33ClMgO. The van der Waals surface area contributed by atoms with Gasteiger partial charge in [-0.25, -0.2) is 0 Å². The molecule has 0 saturated carbocycles. The largest absolute Gasteiger partial charge is 0.501 e. The summed E-state index contributed by atoms with van der Waals surface area (Å²) in [5.41, 5.74) is 0. The molecular weight excluding hydrogens is 280 g/mol. The van der Waals surface area contributed by atoms with Crippen molar-refractivity contribution < 1.29 is 4.74 Å². The Morgan fingerprint density at radius 1 is 0.800 bits per heavy atom. The molecule has 0 rings (SSSR count). The van der Waals surface area contributed by atoms with E-state index < -0.39 is 0 Å². The van der Waals surface area contributed by atoms with Gasteiger partial charge in [0.25, 0.3) is 0 Å². The Morgan fingerprint density at radius 3 is 2.10 bits per heavy atom. The third-order valence-electron chi connectivity index (χ3n) is 3.47. The molecule has 0 fully saturated rings. The lowest BCUT2D eigenvalue weighted by Crippen LogP contribution is -1.96. The van der Waals surface area contributed by atoms with Crippen LogP contribution in [0.25, 0.3) is 0 Å². The van der Waals surface area contributed by atoms with Crippen LogP contribution in [0.15, 0.2) is 12.2 Å². The zero-order valence-corrected chi connectivity index (χ0v) is 15.7. The van der Waals surface area contributed by atoms with Gasteiger partial charge >= 0.3 is 19.3 Å². The monoisotopic (exact) mass is 312 g/mol. The summed E-state index contributed by atoms with van der Waals surface area (Å²) in [4.78, 5) is 0. The maximum atomic E-state index is 5.75. The van der Waals surface area contributed by atoms with Crippen LogP contribution >= 0.6 is 9.07 Å². The van der Waals surface area contributed by atoms with Crippen LogP contribution in [-0.2, 0) is 4.74 Å². The number of hydrogen-bond acceptors (Lipinski definition) is 1. The summed E-state index contributed by atoms with van der Waals surface area (Å²) < 4.78 is 6.89. The van der Waals surface area contributed by atoms with E-state index >= 15 is 0 Å². The molecule has 0 N–H and O–H groups in total. The fourth-order valence-electron chi connectivity index (χ4n) is 2.17. The molecule has 0 aliphatic heterocycles. The van der Waals surface area contributed by atoms with Gasteiger partial charge in [0.1, 0.15) is 0 Å². The van der Waals surface area contributed by atoms with Gasteiger partial charge in [-0.3, -0.25) is 0 Å². The van der Waals surface area contributed by atoms with Crippen molar-refractivity contribution in [2.24, 2.45) is 0 Å². The molecule has 0 amide bonds. The van der Waals surface area contributed by atoms with E-state index in [4.69, 9.17) is 13.8 Å². The first kappa shape index (κ1) is 20.8. The Morgan fingerprint density at radius 2 is 1.40 bits per heavy atom. The van der Waals surface area contributed by atoms with Gasteiger partial charge in [-0.1, -0.05) is 70.4 Å². The number of allylic oxidation sites excluding steroid dienone is 2. The van der Waals surface area contributed by atoms with E-state index in [1.54, 1.807) is 0 Å². The molecule has 116 valence electrons. The van der Waals surface area contributed by atoms with E-state index in [1.807, 2.05) is 0 Å². The SMILES string of the molecule is CCCCCCCCCCOCCC/C=C/C[CH2][Mg][Cl]. The second kappa shape index (κ2) is 19.8.